The molecule has 0 aliphatic carbocycles. The molecule has 0 amide bonds. The van der Waals surface area contributed by atoms with Crippen molar-refractivity contribution < 1.29 is 23.4 Å². The topological polar surface area (TPSA) is 59.8 Å². The van der Waals surface area contributed by atoms with E-state index in [9.17, 15) is 23.4 Å². The second-order valence-electron chi connectivity index (χ2n) is 7.00. The number of hydrogen-bond acceptors (Lipinski definition) is 5. The number of hydrogen-bond donors (Lipinski definition) is 2. The normalized spacial score (nSPS) is 28.5. The molecule has 2 N–H and O–H groups in total. The molecule has 0 spiro atoms. The van der Waals surface area contributed by atoms with Crippen LogP contribution in [0.2, 0.25) is 0 Å². The van der Waals surface area contributed by atoms with Crippen molar-refractivity contribution in [2.45, 2.75) is 37.6 Å². The van der Waals surface area contributed by atoms with Gasteiger partial charge in [0.25, 0.3) is 0 Å². The van der Waals surface area contributed by atoms with Crippen LogP contribution in [0.3, 0.4) is 0 Å². The molecule has 8 heteroatoms. The van der Waals surface area contributed by atoms with E-state index in [0.29, 0.717) is 32.5 Å². The van der Waals surface area contributed by atoms with Gasteiger partial charge in [0.1, 0.15) is 0 Å². The maximum atomic E-state index is 13.2. The van der Waals surface area contributed by atoms with Crippen molar-refractivity contribution in [3.05, 3.63) is 24.0 Å². The molecular weight excluding hydrogens is 335 g/mol. The molecule has 1 aromatic rings. The lowest BCUT2D eigenvalue weighted by molar-refractivity contribution is -0.137. The number of aromatic nitrogens is 1. The maximum absolute atomic E-state index is 13.2. The van der Waals surface area contributed by atoms with E-state index in [1.807, 2.05) is 0 Å². The highest BCUT2D eigenvalue weighted by molar-refractivity contribution is 5.53. The highest BCUT2D eigenvalue weighted by Gasteiger charge is 2.37. The zero-order valence-corrected chi connectivity index (χ0v) is 14.0. The lowest BCUT2D eigenvalue weighted by Gasteiger charge is -2.38. The highest BCUT2D eigenvalue weighted by Crippen LogP contribution is 2.37. The Kier molecular flexibility index (Phi) is 5.50. The van der Waals surface area contributed by atoms with Gasteiger partial charge in [-0.1, -0.05) is 0 Å². The van der Waals surface area contributed by atoms with Crippen LogP contribution in [0.15, 0.2) is 18.5 Å². The number of piperidine rings is 1. The van der Waals surface area contributed by atoms with Crippen LogP contribution < -0.4 is 4.90 Å². The third-order valence-corrected chi connectivity index (χ3v) is 5.25. The lowest BCUT2D eigenvalue weighted by Crippen LogP contribution is -2.48. The van der Waals surface area contributed by atoms with E-state index in [1.54, 1.807) is 4.90 Å². The van der Waals surface area contributed by atoms with Gasteiger partial charge in [-0.05, 0) is 31.2 Å². The van der Waals surface area contributed by atoms with E-state index in [2.05, 4.69) is 9.88 Å². The monoisotopic (exact) mass is 359 g/mol. The van der Waals surface area contributed by atoms with Crippen LogP contribution in [-0.4, -0.2) is 65.0 Å². The van der Waals surface area contributed by atoms with E-state index >= 15 is 0 Å². The summed E-state index contributed by atoms with van der Waals surface area (Å²) in [5.74, 6) is 0.241. The van der Waals surface area contributed by atoms with Crippen molar-refractivity contribution in [2.24, 2.45) is 5.92 Å². The van der Waals surface area contributed by atoms with Gasteiger partial charge in [-0.2, -0.15) is 13.2 Å². The molecule has 0 aromatic carbocycles. The number of rotatable bonds is 4. The zero-order chi connectivity index (χ0) is 18.0. The average Bonchev–Trinajstić information content (AvgIpc) is 3.04. The predicted molar refractivity (Wildman–Crippen MR) is 87.2 cm³/mol. The van der Waals surface area contributed by atoms with Crippen molar-refractivity contribution >= 4 is 5.69 Å². The molecule has 3 atom stereocenters. The minimum atomic E-state index is -4.39. The second-order valence-corrected chi connectivity index (χ2v) is 7.00. The molecule has 0 bridgehead atoms. The van der Waals surface area contributed by atoms with Crippen LogP contribution in [0, 0.1) is 5.92 Å². The predicted octanol–water partition coefficient (Wildman–Crippen LogP) is 1.74. The third kappa shape index (κ3) is 4.24. The molecule has 2 aliphatic heterocycles. The Morgan fingerprint density at radius 1 is 1.24 bits per heavy atom. The Bertz CT molecular complexity index is 585. The molecule has 0 saturated carbocycles. The van der Waals surface area contributed by atoms with Crippen molar-refractivity contribution in [1.29, 1.82) is 0 Å². The standard InChI is InChI=1S/C17H24F3N3O2/c18-17(19,20)15-1-4-21-8-16(15)23-5-2-12(10-23)9-22-6-3-14(25)7-13(22)11-24/h1,4,8,12-14,24-25H,2-3,5-7,9-11H2. The molecule has 140 valence electrons. The average molecular weight is 359 g/mol. The minimum absolute atomic E-state index is 0.00563. The molecule has 0 radical (unpaired) electrons. The van der Waals surface area contributed by atoms with Crippen molar-refractivity contribution in [3.63, 3.8) is 0 Å². The molecular formula is C17H24F3N3O2. The van der Waals surface area contributed by atoms with Gasteiger partial charge in [0, 0.05) is 38.4 Å². The fourth-order valence-corrected chi connectivity index (χ4v) is 3.92. The Morgan fingerprint density at radius 2 is 2.04 bits per heavy atom. The highest BCUT2D eigenvalue weighted by atomic mass is 19.4. The van der Waals surface area contributed by atoms with E-state index in [4.69, 9.17) is 0 Å². The second kappa shape index (κ2) is 7.47. The summed E-state index contributed by atoms with van der Waals surface area (Å²) in [6.45, 7) is 2.56. The number of likely N-dealkylation sites (tertiary alicyclic amines) is 1. The first kappa shape index (κ1) is 18.4. The Hall–Kier alpha value is -1.38. The number of alkyl halides is 3. The van der Waals surface area contributed by atoms with Crippen LogP contribution in [0.5, 0.6) is 0 Å². The van der Waals surface area contributed by atoms with Crippen LogP contribution >= 0.6 is 0 Å². The molecule has 25 heavy (non-hydrogen) atoms. The largest absolute Gasteiger partial charge is 0.418 e. The fraction of sp³-hybridized carbons (Fsp3) is 0.706. The zero-order valence-electron chi connectivity index (χ0n) is 14.0. The van der Waals surface area contributed by atoms with Gasteiger partial charge in [-0.25, -0.2) is 0 Å². The van der Waals surface area contributed by atoms with E-state index in [0.717, 1.165) is 19.0 Å². The Morgan fingerprint density at radius 3 is 2.76 bits per heavy atom. The van der Waals surface area contributed by atoms with Crippen LogP contribution in [0.4, 0.5) is 18.9 Å². The summed E-state index contributed by atoms with van der Waals surface area (Å²) >= 11 is 0. The van der Waals surface area contributed by atoms with Crippen LogP contribution in [0.1, 0.15) is 24.8 Å². The summed E-state index contributed by atoms with van der Waals surface area (Å²) in [7, 11) is 0. The summed E-state index contributed by atoms with van der Waals surface area (Å²) in [4.78, 5) is 7.78. The summed E-state index contributed by atoms with van der Waals surface area (Å²) in [5.41, 5.74) is -0.497. The number of pyridine rings is 1. The minimum Gasteiger partial charge on any atom is -0.395 e. The molecule has 1 aromatic heterocycles. The molecule has 5 nitrogen and oxygen atoms in total. The smallest absolute Gasteiger partial charge is 0.395 e. The first-order valence-corrected chi connectivity index (χ1v) is 8.67. The summed E-state index contributed by atoms with van der Waals surface area (Å²) in [6, 6.07) is 0.957. The molecule has 3 rings (SSSR count). The SMILES string of the molecule is OCC1CC(O)CCN1CC1CCN(c2cnccc2C(F)(F)F)C1. The van der Waals surface area contributed by atoms with Crippen LogP contribution in [0.25, 0.3) is 0 Å². The van der Waals surface area contributed by atoms with Gasteiger partial charge in [-0.15, -0.1) is 0 Å². The van der Waals surface area contributed by atoms with Crippen molar-refractivity contribution in [2.75, 3.05) is 37.7 Å². The van der Waals surface area contributed by atoms with E-state index < -0.39 is 11.7 Å². The van der Waals surface area contributed by atoms with Crippen molar-refractivity contribution in [1.82, 2.24) is 9.88 Å². The van der Waals surface area contributed by atoms with Crippen LogP contribution in [-0.2, 0) is 6.18 Å². The number of aliphatic hydroxyl groups is 2. The van der Waals surface area contributed by atoms with E-state index in [1.165, 1.54) is 12.4 Å². The Balaban J connectivity index is 1.65. The Labute approximate surface area is 145 Å². The maximum Gasteiger partial charge on any atom is 0.418 e. The molecule has 3 heterocycles. The summed E-state index contributed by atoms with van der Waals surface area (Å²) in [6.07, 6.45) is -0.269. The first-order chi connectivity index (χ1) is 11.9. The number of halogens is 3. The van der Waals surface area contributed by atoms with E-state index in [-0.39, 0.29) is 30.4 Å². The van der Waals surface area contributed by atoms with Gasteiger partial charge in [0.2, 0.25) is 0 Å². The van der Waals surface area contributed by atoms with Crippen molar-refractivity contribution in [3.8, 4) is 0 Å². The van der Waals surface area contributed by atoms with Gasteiger partial charge in [0.15, 0.2) is 0 Å². The summed E-state index contributed by atoms with van der Waals surface area (Å²) < 4.78 is 39.6. The fourth-order valence-electron chi connectivity index (χ4n) is 3.92. The summed E-state index contributed by atoms with van der Waals surface area (Å²) in [5, 5.41) is 19.2. The third-order valence-electron chi connectivity index (χ3n) is 5.25. The van der Waals surface area contributed by atoms with Gasteiger partial charge in [-0.3, -0.25) is 9.88 Å². The molecule has 3 unspecified atom stereocenters. The van der Waals surface area contributed by atoms with Gasteiger partial charge in [0.05, 0.1) is 30.2 Å². The number of aliphatic hydroxyl groups excluding tert-OH is 2. The quantitative estimate of drug-likeness (QED) is 0.858. The molecule has 2 saturated heterocycles. The van der Waals surface area contributed by atoms with Gasteiger partial charge >= 0.3 is 6.18 Å². The van der Waals surface area contributed by atoms with Gasteiger partial charge < -0.3 is 15.1 Å². The number of nitrogens with zero attached hydrogens (tertiary/aromatic N) is 3. The lowest BCUT2D eigenvalue weighted by atomic mass is 9.97. The molecule has 2 aliphatic rings. The number of anilines is 1. The first-order valence-electron chi connectivity index (χ1n) is 8.67. The molecule has 2 fully saturated rings.